The van der Waals surface area contributed by atoms with Crippen molar-refractivity contribution in [2.24, 2.45) is 0 Å². The van der Waals surface area contributed by atoms with Crippen molar-refractivity contribution in [1.29, 1.82) is 0 Å². The molecule has 3 rings (SSSR count). The zero-order valence-corrected chi connectivity index (χ0v) is 12.8. The molecule has 0 atom stereocenters. The summed E-state index contributed by atoms with van der Waals surface area (Å²) in [6.45, 7) is 2.33. The molecule has 23 heavy (non-hydrogen) atoms. The molecule has 0 amide bonds. The van der Waals surface area contributed by atoms with Crippen molar-refractivity contribution in [2.75, 3.05) is 7.11 Å². The summed E-state index contributed by atoms with van der Waals surface area (Å²) < 4.78 is 6.10. The average Bonchev–Trinajstić information content (AvgIpc) is 2.62. The maximum absolute atomic E-state index is 12.3. The molecule has 0 saturated heterocycles. The predicted molar refractivity (Wildman–Crippen MR) is 86.2 cm³/mol. The molecule has 0 radical (unpaired) electrons. The molecule has 6 nitrogen and oxygen atoms in total. The highest BCUT2D eigenvalue weighted by Crippen LogP contribution is 2.23. The van der Waals surface area contributed by atoms with Crippen molar-refractivity contribution in [3.8, 4) is 11.3 Å². The fourth-order valence-corrected chi connectivity index (χ4v) is 2.41. The summed E-state index contributed by atoms with van der Waals surface area (Å²) >= 11 is 0. The van der Waals surface area contributed by atoms with Gasteiger partial charge in [0.25, 0.3) is 5.56 Å². The van der Waals surface area contributed by atoms with Crippen LogP contribution in [0.5, 0.6) is 0 Å². The molecule has 0 aliphatic heterocycles. The van der Waals surface area contributed by atoms with E-state index in [1.165, 1.54) is 11.8 Å². The summed E-state index contributed by atoms with van der Waals surface area (Å²) in [5, 5.41) is 4.93. The van der Waals surface area contributed by atoms with E-state index >= 15 is 0 Å². The number of hydrogen-bond acceptors (Lipinski definition) is 5. The minimum Gasteiger partial charge on any atom is -0.465 e. The molecule has 2 heterocycles. The van der Waals surface area contributed by atoms with Gasteiger partial charge in [0, 0.05) is 18.3 Å². The number of aromatic nitrogens is 3. The van der Waals surface area contributed by atoms with Crippen LogP contribution in [0.15, 0.2) is 47.4 Å². The first-order valence-corrected chi connectivity index (χ1v) is 7.20. The summed E-state index contributed by atoms with van der Waals surface area (Å²) in [6.07, 6.45) is 1.63. The topological polar surface area (TPSA) is 74.1 Å². The van der Waals surface area contributed by atoms with Crippen LogP contribution in [0, 0.1) is 0 Å². The Balaban J connectivity index is 2.21. The number of fused-ring (bicyclic) bond motifs is 1. The van der Waals surface area contributed by atoms with Gasteiger partial charge in [0.1, 0.15) is 11.2 Å². The van der Waals surface area contributed by atoms with Gasteiger partial charge in [-0.25, -0.2) is 9.48 Å². The van der Waals surface area contributed by atoms with Crippen molar-refractivity contribution in [3.05, 3.63) is 58.5 Å². The van der Waals surface area contributed by atoms with E-state index in [1.807, 2.05) is 6.92 Å². The van der Waals surface area contributed by atoms with E-state index in [0.717, 1.165) is 5.56 Å². The second-order valence-corrected chi connectivity index (χ2v) is 4.94. The molecule has 1 aromatic carbocycles. The summed E-state index contributed by atoms with van der Waals surface area (Å²) in [6, 6.07) is 10.3. The van der Waals surface area contributed by atoms with Crippen LogP contribution >= 0.6 is 0 Å². The minimum atomic E-state index is -0.397. The van der Waals surface area contributed by atoms with Crippen LogP contribution in [0.3, 0.4) is 0 Å². The number of pyridine rings is 1. The number of ether oxygens (including phenoxy) is 1. The number of methoxy groups -OCH3 is 1. The maximum atomic E-state index is 12.3. The smallest absolute Gasteiger partial charge is 0.337 e. The van der Waals surface area contributed by atoms with Gasteiger partial charge in [-0.3, -0.25) is 9.78 Å². The Hall–Kier alpha value is -3.02. The highest BCUT2D eigenvalue weighted by atomic mass is 16.5. The number of nitrogens with zero attached hydrogens (tertiary/aromatic N) is 3. The standard InChI is InChI=1S/C17H15N3O3/c1-3-20-16(21)13-5-4-10-18-15(13)14(19-20)11-6-8-12(9-7-11)17(22)23-2/h4-10H,3H2,1-2H3. The Morgan fingerprint density at radius 1 is 1.22 bits per heavy atom. The Morgan fingerprint density at radius 2 is 1.96 bits per heavy atom. The summed E-state index contributed by atoms with van der Waals surface area (Å²) in [5.74, 6) is -0.397. The molecule has 0 saturated carbocycles. The highest BCUT2D eigenvalue weighted by Gasteiger charge is 2.13. The fourth-order valence-electron chi connectivity index (χ4n) is 2.41. The predicted octanol–water partition coefficient (Wildman–Crippen LogP) is 2.26. The molecule has 0 N–H and O–H groups in total. The van der Waals surface area contributed by atoms with Crippen molar-refractivity contribution >= 4 is 16.9 Å². The van der Waals surface area contributed by atoms with Gasteiger partial charge in [0.05, 0.1) is 18.1 Å². The number of benzene rings is 1. The molecule has 0 fully saturated rings. The summed E-state index contributed by atoms with van der Waals surface area (Å²) in [4.78, 5) is 28.1. The molecule has 0 bridgehead atoms. The Bertz CT molecular complexity index is 930. The maximum Gasteiger partial charge on any atom is 0.337 e. The van der Waals surface area contributed by atoms with Crippen LogP contribution in [-0.2, 0) is 11.3 Å². The summed E-state index contributed by atoms with van der Waals surface area (Å²) in [7, 11) is 1.34. The van der Waals surface area contributed by atoms with Gasteiger partial charge in [0.15, 0.2) is 0 Å². The van der Waals surface area contributed by atoms with Crippen molar-refractivity contribution in [2.45, 2.75) is 13.5 Å². The second-order valence-electron chi connectivity index (χ2n) is 4.94. The minimum absolute atomic E-state index is 0.162. The normalized spacial score (nSPS) is 10.7. The van der Waals surface area contributed by atoms with Crippen LogP contribution in [0.1, 0.15) is 17.3 Å². The molecule has 0 aliphatic carbocycles. The van der Waals surface area contributed by atoms with E-state index in [0.29, 0.717) is 28.7 Å². The van der Waals surface area contributed by atoms with E-state index in [9.17, 15) is 9.59 Å². The number of aryl methyl sites for hydroxylation is 1. The monoisotopic (exact) mass is 309 g/mol. The summed E-state index contributed by atoms with van der Waals surface area (Å²) in [5.41, 5.74) is 2.23. The zero-order chi connectivity index (χ0) is 16.4. The van der Waals surface area contributed by atoms with E-state index in [4.69, 9.17) is 4.74 Å². The van der Waals surface area contributed by atoms with E-state index < -0.39 is 5.97 Å². The quantitative estimate of drug-likeness (QED) is 0.694. The van der Waals surface area contributed by atoms with E-state index in [2.05, 4.69) is 10.1 Å². The average molecular weight is 309 g/mol. The lowest BCUT2D eigenvalue weighted by Crippen LogP contribution is -2.23. The third-order valence-electron chi connectivity index (χ3n) is 3.60. The van der Waals surface area contributed by atoms with Crippen molar-refractivity contribution in [3.63, 3.8) is 0 Å². The van der Waals surface area contributed by atoms with Gasteiger partial charge >= 0.3 is 5.97 Å². The Morgan fingerprint density at radius 3 is 2.61 bits per heavy atom. The van der Waals surface area contributed by atoms with Crippen LogP contribution in [0.4, 0.5) is 0 Å². The largest absolute Gasteiger partial charge is 0.465 e. The fraction of sp³-hybridized carbons (Fsp3) is 0.176. The lowest BCUT2D eigenvalue weighted by Gasteiger charge is -2.09. The van der Waals surface area contributed by atoms with E-state index in [-0.39, 0.29) is 5.56 Å². The molecule has 116 valence electrons. The molecule has 2 aromatic heterocycles. The van der Waals surface area contributed by atoms with Crippen LogP contribution < -0.4 is 5.56 Å². The van der Waals surface area contributed by atoms with Gasteiger partial charge in [-0.2, -0.15) is 5.10 Å². The van der Waals surface area contributed by atoms with Crippen molar-refractivity contribution in [1.82, 2.24) is 14.8 Å². The highest BCUT2D eigenvalue weighted by molar-refractivity contribution is 5.92. The third-order valence-corrected chi connectivity index (χ3v) is 3.60. The first-order valence-electron chi connectivity index (χ1n) is 7.20. The van der Waals surface area contributed by atoms with Gasteiger partial charge in [-0.05, 0) is 31.2 Å². The lowest BCUT2D eigenvalue weighted by atomic mass is 10.1. The molecule has 3 aromatic rings. The van der Waals surface area contributed by atoms with Gasteiger partial charge in [-0.15, -0.1) is 0 Å². The molecular weight excluding hydrogens is 294 g/mol. The molecular formula is C17H15N3O3. The van der Waals surface area contributed by atoms with Gasteiger partial charge < -0.3 is 4.74 Å². The Kier molecular flexibility index (Phi) is 3.89. The third kappa shape index (κ3) is 2.59. The number of rotatable bonds is 3. The first kappa shape index (κ1) is 14.9. The van der Waals surface area contributed by atoms with Gasteiger partial charge in [-0.1, -0.05) is 12.1 Å². The number of carbonyl (C=O) groups excluding carboxylic acids is 1. The zero-order valence-electron chi connectivity index (χ0n) is 12.8. The molecule has 0 unspecified atom stereocenters. The number of esters is 1. The van der Waals surface area contributed by atoms with Crippen LogP contribution in [0.25, 0.3) is 22.2 Å². The lowest BCUT2D eigenvalue weighted by molar-refractivity contribution is 0.0601. The Labute approximate surface area is 132 Å². The molecule has 0 spiro atoms. The SMILES string of the molecule is CCn1nc(-c2ccc(C(=O)OC)cc2)c2ncccc2c1=O. The number of hydrogen-bond donors (Lipinski definition) is 0. The van der Waals surface area contributed by atoms with Crippen molar-refractivity contribution < 1.29 is 9.53 Å². The van der Waals surface area contributed by atoms with Crippen LogP contribution in [0.2, 0.25) is 0 Å². The first-order chi connectivity index (χ1) is 11.2. The molecule has 0 aliphatic rings. The molecule has 6 heteroatoms. The van der Waals surface area contributed by atoms with Crippen LogP contribution in [-0.4, -0.2) is 27.8 Å². The van der Waals surface area contributed by atoms with E-state index in [1.54, 1.807) is 42.6 Å². The second kappa shape index (κ2) is 6.00. The van der Waals surface area contributed by atoms with Gasteiger partial charge in [0.2, 0.25) is 0 Å². The number of carbonyl (C=O) groups is 1.